The second-order valence-corrected chi connectivity index (χ2v) is 20.1. The highest BCUT2D eigenvalue weighted by Gasteiger charge is 2.38. The fraction of sp³-hybridized carbons (Fsp3) is 0.390. The molecule has 2 aliphatic rings. The molecule has 63 heavy (non-hydrogen) atoms. The molecule has 1 unspecified atom stereocenters. The highest BCUT2D eigenvalue weighted by molar-refractivity contribution is 6.60. The van der Waals surface area contributed by atoms with Crippen LogP contribution >= 0.6 is 0 Å². The second-order valence-electron chi connectivity index (χ2n) is 20.1. The predicted molar refractivity (Wildman–Crippen MR) is 281 cm³/mol. The summed E-state index contributed by atoms with van der Waals surface area (Å²) in [6.45, 7) is 53.4. The fourth-order valence-electron chi connectivity index (χ4n) is 8.31. The first-order chi connectivity index (χ1) is 29.6. The van der Waals surface area contributed by atoms with Gasteiger partial charge in [-0.25, -0.2) is 0 Å². The third kappa shape index (κ3) is 11.7. The van der Waals surface area contributed by atoms with Gasteiger partial charge in [0.25, 0.3) is 0 Å². The zero-order valence-electron chi connectivity index (χ0n) is 41.6. The van der Waals surface area contributed by atoms with Gasteiger partial charge in [-0.05, 0) is 144 Å². The molecule has 333 valence electrons. The van der Waals surface area contributed by atoms with Crippen molar-refractivity contribution in [1.29, 1.82) is 0 Å². The molecule has 2 heterocycles. The van der Waals surface area contributed by atoms with Crippen LogP contribution in [0.4, 0.5) is 5.69 Å². The van der Waals surface area contributed by atoms with Gasteiger partial charge in [0.15, 0.2) is 0 Å². The van der Waals surface area contributed by atoms with Crippen molar-refractivity contribution in [3.05, 3.63) is 192 Å². The lowest BCUT2D eigenvalue weighted by atomic mass is 9.63. The van der Waals surface area contributed by atoms with Crippen molar-refractivity contribution in [1.82, 2.24) is 4.90 Å². The average Bonchev–Trinajstić information content (AvgIpc) is 3.59. The van der Waals surface area contributed by atoms with Crippen LogP contribution in [0.2, 0.25) is 0 Å². The lowest BCUT2D eigenvalue weighted by molar-refractivity contribution is 0.332. The number of furan rings is 1. The van der Waals surface area contributed by atoms with Crippen molar-refractivity contribution in [2.75, 3.05) is 11.4 Å². The number of fused-ring (bicyclic) bond motifs is 4. The topological polar surface area (TPSA) is 19.6 Å². The molecule has 1 aliphatic carbocycles. The molecule has 1 atom stereocenters. The Hall–Kier alpha value is -5.22. The molecule has 0 fully saturated rings. The molecule has 1 aliphatic heterocycles. The van der Waals surface area contributed by atoms with Crippen LogP contribution in [0.25, 0.3) is 11.0 Å². The summed E-state index contributed by atoms with van der Waals surface area (Å²) in [5.74, 6) is 3.07. The number of anilines is 1. The Balaban J connectivity index is 2.17. The molecule has 0 amide bonds. The standard InChI is InChI=1S/C59H78BN2O/c1-20-26-47-32-36-61(53(43(10)23-4)31-29-46(24-5)42(9)22-3)48(30-28-44(11)57(13,14)15)39-60-56-55(62(47)35-25-27-49(40(6)7)45(12)41(8)21-2)50-37-51-52(38-54(50)63-56)59(18,19)34-33-58(51,16)17/h20,22-32,36-41H,1,3-5,11,21,33-35H2,2,6-10,12-19H3/b27-25-,30-28-,31-29+,36-32+,46-42+,47-26+,48-39-,49-45-,53-43+. The third-order valence-electron chi connectivity index (χ3n) is 13.4. The number of rotatable bonds is 15. The summed E-state index contributed by atoms with van der Waals surface area (Å²) in [6.07, 6.45) is 30.5. The first kappa shape index (κ1) is 50.4. The van der Waals surface area contributed by atoms with E-state index < -0.39 is 0 Å². The van der Waals surface area contributed by atoms with Crippen LogP contribution in [0.5, 0.6) is 0 Å². The van der Waals surface area contributed by atoms with Gasteiger partial charge in [0.1, 0.15) is 5.58 Å². The molecule has 1 aromatic carbocycles. The van der Waals surface area contributed by atoms with E-state index in [4.69, 9.17) is 4.42 Å². The van der Waals surface area contributed by atoms with E-state index in [2.05, 4.69) is 213 Å². The quantitative estimate of drug-likeness (QED) is 0.132. The zero-order chi connectivity index (χ0) is 47.0. The molecule has 0 saturated heterocycles. The maximum absolute atomic E-state index is 7.10. The minimum atomic E-state index is -0.114. The molecule has 1 aromatic heterocycles. The first-order valence-corrected chi connectivity index (χ1v) is 23.0. The van der Waals surface area contributed by atoms with Gasteiger partial charge in [-0.1, -0.05) is 169 Å². The van der Waals surface area contributed by atoms with Crippen LogP contribution in [0.15, 0.2) is 185 Å². The summed E-state index contributed by atoms with van der Waals surface area (Å²) in [5.41, 5.74) is 15.2. The SMILES string of the molecule is C=C/C=C1\C=C\N(C(/C=C/C(C=C)=C(\C)C=C)=C(\C)C=C)C(/C=C\C(=C)C(C)(C)C)=C\[B]c2oc3cc4c(cc3c2N1C/C=C\C(=C(/C)C(C)CC)C(C)C)C(C)(C)CCC4(C)C. The monoisotopic (exact) mass is 842 g/mol. The summed E-state index contributed by atoms with van der Waals surface area (Å²) < 4.78 is 7.10. The minimum absolute atomic E-state index is 0.0235. The van der Waals surface area contributed by atoms with Crippen molar-refractivity contribution < 1.29 is 4.42 Å². The van der Waals surface area contributed by atoms with Crippen molar-refractivity contribution >= 4 is 29.6 Å². The molecule has 3 nitrogen and oxygen atoms in total. The smallest absolute Gasteiger partial charge is 0.236 e. The minimum Gasteiger partial charge on any atom is -0.469 e. The Morgan fingerprint density at radius 2 is 1.51 bits per heavy atom. The second kappa shape index (κ2) is 21.0. The predicted octanol–water partition coefficient (Wildman–Crippen LogP) is 16.1. The lowest BCUT2D eigenvalue weighted by Crippen LogP contribution is -2.33. The van der Waals surface area contributed by atoms with E-state index in [1.54, 1.807) is 0 Å². The number of hydrogen-bond acceptors (Lipinski definition) is 3. The van der Waals surface area contributed by atoms with Crippen LogP contribution in [-0.2, 0) is 10.8 Å². The highest BCUT2D eigenvalue weighted by atomic mass is 16.3. The Morgan fingerprint density at radius 1 is 0.873 bits per heavy atom. The molecule has 4 heteroatoms. The van der Waals surface area contributed by atoms with E-state index in [-0.39, 0.29) is 16.2 Å². The largest absolute Gasteiger partial charge is 0.469 e. The van der Waals surface area contributed by atoms with Gasteiger partial charge < -0.3 is 14.2 Å². The molecule has 0 spiro atoms. The van der Waals surface area contributed by atoms with Gasteiger partial charge >= 0.3 is 0 Å². The van der Waals surface area contributed by atoms with E-state index >= 15 is 0 Å². The van der Waals surface area contributed by atoms with Crippen molar-refractivity contribution in [2.45, 2.75) is 127 Å². The van der Waals surface area contributed by atoms with Crippen molar-refractivity contribution in [3.8, 4) is 0 Å². The van der Waals surface area contributed by atoms with Gasteiger partial charge in [0.2, 0.25) is 7.28 Å². The van der Waals surface area contributed by atoms with E-state index in [1.165, 1.54) is 22.3 Å². The molecule has 2 aromatic rings. The van der Waals surface area contributed by atoms with Crippen LogP contribution in [0.3, 0.4) is 0 Å². The molecule has 1 radical (unpaired) electrons. The van der Waals surface area contributed by atoms with Gasteiger partial charge in [-0.15, -0.1) is 0 Å². The van der Waals surface area contributed by atoms with Crippen molar-refractivity contribution in [2.24, 2.45) is 17.3 Å². The van der Waals surface area contributed by atoms with Crippen LogP contribution in [-0.4, -0.2) is 18.7 Å². The number of benzene rings is 1. The zero-order valence-corrected chi connectivity index (χ0v) is 41.6. The Morgan fingerprint density at radius 3 is 2.06 bits per heavy atom. The van der Waals surface area contributed by atoms with E-state index in [1.807, 2.05) is 31.2 Å². The number of hydrogen-bond donors (Lipinski definition) is 0. The Bertz CT molecular complexity index is 2370. The Kier molecular flexibility index (Phi) is 16.8. The van der Waals surface area contributed by atoms with E-state index in [0.717, 1.165) is 81.0 Å². The third-order valence-corrected chi connectivity index (χ3v) is 13.4. The van der Waals surface area contributed by atoms with E-state index in [9.17, 15) is 0 Å². The maximum atomic E-state index is 7.10. The summed E-state index contributed by atoms with van der Waals surface area (Å²) in [7, 11) is 2.15. The molecular weight excluding hydrogens is 763 g/mol. The summed E-state index contributed by atoms with van der Waals surface area (Å²) in [4.78, 5) is 4.62. The summed E-state index contributed by atoms with van der Waals surface area (Å²) in [6, 6.07) is 4.77. The molecule has 4 rings (SSSR count). The number of allylic oxidation sites excluding steroid dienone is 17. The normalized spacial score (nSPS) is 20.4. The van der Waals surface area contributed by atoms with Gasteiger partial charge in [0.05, 0.1) is 11.3 Å². The van der Waals surface area contributed by atoms with Crippen molar-refractivity contribution in [3.63, 3.8) is 0 Å². The molecule has 0 bridgehead atoms. The van der Waals surface area contributed by atoms with Crippen LogP contribution < -0.4 is 10.6 Å². The van der Waals surface area contributed by atoms with Gasteiger partial charge in [-0.3, -0.25) is 0 Å². The summed E-state index contributed by atoms with van der Waals surface area (Å²) in [5, 5.41) is 1.11. The highest BCUT2D eigenvalue weighted by Crippen LogP contribution is 2.48. The van der Waals surface area contributed by atoms with Gasteiger partial charge in [0, 0.05) is 35.2 Å². The van der Waals surface area contributed by atoms with Crippen LogP contribution in [0.1, 0.15) is 127 Å². The van der Waals surface area contributed by atoms with E-state index in [0.29, 0.717) is 18.4 Å². The molecular formula is C59H78BN2O. The average molecular weight is 842 g/mol. The maximum Gasteiger partial charge on any atom is 0.236 e. The first-order valence-electron chi connectivity index (χ1n) is 23.0. The van der Waals surface area contributed by atoms with Gasteiger partial charge in [-0.2, -0.15) is 0 Å². The molecule has 0 saturated carbocycles. The van der Waals surface area contributed by atoms with Crippen LogP contribution in [0, 0.1) is 17.3 Å². The number of nitrogens with zero attached hydrogens (tertiary/aromatic N) is 2. The molecule has 0 N–H and O–H groups in total. The summed E-state index contributed by atoms with van der Waals surface area (Å²) >= 11 is 0. The fourth-order valence-corrected chi connectivity index (χ4v) is 8.31. The Labute approximate surface area is 384 Å². The lowest BCUT2D eigenvalue weighted by Gasteiger charge is -2.41.